The van der Waals surface area contributed by atoms with Crippen molar-refractivity contribution in [1.82, 2.24) is 0 Å². The summed E-state index contributed by atoms with van der Waals surface area (Å²) in [7, 11) is 0. The maximum atomic E-state index is 12.6. The van der Waals surface area contributed by atoms with Crippen LogP contribution in [0.1, 0.15) is 30.1 Å². The molecule has 3 rings (SSSR count). The third-order valence-electron chi connectivity index (χ3n) is 3.87. The van der Waals surface area contributed by atoms with Gasteiger partial charge < -0.3 is 4.74 Å². The molecule has 0 saturated carbocycles. The summed E-state index contributed by atoms with van der Waals surface area (Å²) in [5, 5.41) is 0.211. The van der Waals surface area contributed by atoms with Crippen LogP contribution in [0.15, 0.2) is 59.5 Å². The molecule has 0 N–H and O–H groups in total. The molecule has 122 valence electrons. The van der Waals surface area contributed by atoms with Crippen LogP contribution in [0, 0.1) is 0 Å². The SMILES string of the molecule is FC(F)(F)c1ccc(S[C@H]2CCCO[C@@H]2c2ccccc2)cc1. The van der Waals surface area contributed by atoms with Gasteiger partial charge in [0.05, 0.1) is 11.7 Å². The lowest BCUT2D eigenvalue weighted by atomic mass is 10.0. The average Bonchev–Trinajstić information content (AvgIpc) is 2.56. The highest BCUT2D eigenvalue weighted by Crippen LogP contribution is 2.40. The molecule has 2 aromatic carbocycles. The second-order valence-electron chi connectivity index (χ2n) is 5.52. The van der Waals surface area contributed by atoms with Crippen molar-refractivity contribution < 1.29 is 17.9 Å². The molecule has 5 heteroatoms. The molecule has 2 atom stereocenters. The highest BCUT2D eigenvalue weighted by molar-refractivity contribution is 8.00. The van der Waals surface area contributed by atoms with Gasteiger partial charge in [-0.1, -0.05) is 30.3 Å². The van der Waals surface area contributed by atoms with Crippen molar-refractivity contribution in [2.24, 2.45) is 0 Å². The van der Waals surface area contributed by atoms with Crippen molar-refractivity contribution in [3.63, 3.8) is 0 Å². The van der Waals surface area contributed by atoms with Crippen LogP contribution < -0.4 is 0 Å². The first-order chi connectivity index (χ1) is 11.0. The smallest absolute Gasteiger partial charge is 0.372 e. The molecule has 1 heterocycles. The number of hydrogen-bond donors (Lipinski definition) is 0. The normalized spacial score (nSPS) is 22.0. The molecule has 2 aromatic rings. The van der Waals surface area contributed by atoms with Gasteiger partial charge in [0.25, 0.3) is 0 Å². The number of alkyl halides is 3. The Hall–Kier alpha value is -1.46. The van der Waals surface area contributed by atoms with Gasteiger partial charge in [0.1, 0.15) is 0 Å². The van der Waals surface area contributed by atoms with Crippen molar-refractivity contribution >= 4 is 11.8 Å². The Morgan fingerprint density at radius 2 is 1.65 bits per heavy atom. The van der Waals surface area contributed by atoms with E-state index in [0.29, 0.717) is 0 Å². The predicted molar refractivity (Wildman–Crippen MR) is 85.5 cm³/mol. The van der Waals surface area contributed by atoms with Crippen LogP contribution in [0.5, 0.6) is 0 Å². The van der Waals surface area contributed by atoms with E-state index in [1.807, 2.05) is 30.3 Å². The summed E-state index contributed by atoms with van der Waals surface area (Å²) in [5.41, 5.74) is 0.512. The van der Waals surface area contributed by atoms with Gasteiger partial charge in [0, 0.05) is 16.8 Å². The van der Waals surface area contributed by atoms with E-state index in [0.717, 1.165) is 42.0 Å². The van der Waals surface area contributed by atoms with Gasteiger partial charge in [0.2, 0.25) is 0 Å². The number of hydrogen-bond acceptors (Lipinski definition) is 2. The Balaban J connectivity index is 1.75. The molecule has 0 aromatic heterocycles. The maximum absolute atomic E-state index is 12.6. The predicted octanol–water partition coefficient (Wildman–Crippen LogP) is 5.72. The number of halogens is 3. The largest absolute Gasteiger partial charge is 0.416 e. The van der Waals surface area contributed by atoms with Crippen LogP contribution in [-0.4, -0.2) is 11.9 Å². The van der Waals surface area contributed by atoms with Gasteiger partial charge in [0.15, 0.2) is 0 Å². The van der Waals surface area contributed by atoms with Crippen molar-refractivity contribution in [3.8, 4) is 0 Å². The zero-order valence-corrected chi connectivity index (χ0v) is 13.2. The Morgan fingerprint density at radius 3 is 2.30 bits per heavy atom. The van der Waals surface area contributed by atoms with E-state index in [1.54, 1.807) is 23.9 Å². The molecule has 0 spiro atoms. The third-order valence-corrected chi connectivity index (χ3v) is 5.20. The lowest BCUT2D eigenvalue weighted by Gasteiger charge is -2.31. The minimum Gasteiger partial charge on any atom is -0.372 e. The van der Waals surface area contributed by atoms with E-state index in [1.165, 1.54) is 0 Å². The Kier molecular flexibility index (Phi) is 4.97. The molecule has 0 amide bonds. The van der Waals surface area contributed by atoms with Gasteiger partial charge in [-0.3, -0.25) is 0 Å². The Bertz CT molecular complexity index is 625. The lowest BCUT2D eigenvalue weighted by molar-refractivity contribution is -0.137. The molecule has 0 aliphatic carbocycles. The first kappa shape index (κ1) is 16.4. The number of thioether (sulfide) groups is 1. The molecule has 1 aliphatic rings. The molecule has 1 fully saturated rings. The summed E-state index contributed by atoms with van der Waals surface area (Å²) in [6.07, 6.45) is -2.34. The van der Waals surface area contributed by atoms with E-state index >= 15 is 0 Å². The molecule has 0 bridgehead atoms. The fraction of sp³-hybridized carbons (Fsp3) is 0.333. The minimum atomic E-state index is -4.29. The molecule has 1 nitrogen and oxygen atoms in total. The highest BCUT2D eigenvalue weighted by Gasteiger charge is 2.31. The lowest BCUT2D eigenvalue weighted by Crippen LogP contribution is -2.24. The third kappa shape index (κ3) is 4.09. The minimum absolute atomic E-state index is 0.0164. The summed E-state index contributed by atoms with van der Waals surface area (Å²) >= 11 is 1.59. The summed E-state index contributed by atoms with van der Waals surface area (Å²) < 4.78 is 43.8. The zero-order valence-electron chi connectivity index (χ0n) is 12.4. The van der Waals surface area contributed by atoms with Crippen LogP contribution >= 0.6 is 11.8 Å². The number of ether oxygens (including phenoxy) is 1. The molecule has 23 heavy (non-hydrogen) atoms. The topological polar surface area (TPSA) is 9.23 Å². The van der Waals surface area contributed by atoms with Gasteiger partial charge in [-0.2, -0.15) is 13.2 Å². The highest BCUT2D eigenvalue weighted by atomic mass is 32.2. The van der Waals surface area contributed by atoms with E-state index in [9.17, 15) is 13.2 Å². The monoisotopic (exact) mass is 338 g/mol. The zero-order chi connectivity index (χ0) is 16.3. The van der Waals surface area contributed by atoms with Crippen molar-refractivity contribution in [1.29, 1.82) is 0 Å². The van der Waals surface area contributed by atoms with Crippen LogP contribution in [0.25, 0.3) is 0 Å². The second-order valence-corrected chi connectivity index (χ2v) is 6.84. The second kappa shape index (κ2) is 6.97. The van der Waals surface area contributed by atoms with Crippen molar-refractivity contribution in [2.45, 2.75) is 35.3 Å². The summed E-state index contributed by atoms with van der Waals surface area (Å²) in [6, 6.07) is 15.4. The van der Waals surface area contributed by atoms with Crippen LogP contribution in [-0.2, 0) is 10.9 Å². The Labute approximate surface area is 137 Å². The maximum Gasteiger partial charge on any atom is 0.416 e. The van der Waals surface area contributed by atoms with Crippen LogP contribution in [0.3, 0.4) is 0 Å². The molecule has 0 radical (unpaired) electrons. The molecule has 0 unspecified atom stereocenters. The van der Waals surface area contributed by atoms with E-state index in [-0.39, 0.29) is 11.4 Å². The number of rotatable bonds is 3. The van der Waals surface area contributed by atoms with Gasteiger partial charge in [-0.05, 0) is 42.7 Å². The van der Waals surface area contributed by atoms with E-state index in [2.05, 4.69) is 0 Å². The van der Waals surface area contributed by atoms with Gasteiger partial charge >= 0.3 is 6.18 Å². The molecular formula is C18H17F3OS. The first-order valence-corrected chi connectivity index (χ1v) is 8.42. The number of benzene rings is 2. The van der Waals surface area contributed by atoms with E-state index in [4.69, 9.17) is 4.74 Å². The fourth-order valence-electron chi connectivity index (χ4n) is 2.73. The standard InChI is InChI=1S/C18H17F3OS/c19-18(20,21)14-8-10-15(11-9-14)23-16-7-4-12-22-17(16)13-5-2-1-3-6-13/h1-3,5-6,8-11,16-17H,4,7,12H2/t16-,17+/m0/s1. The molecule has 1 saturated heterocycles. The first-order valence-electron chi connectivity index (χ1n) is 7.54. The van der Waals surface area contributed by atoms with Gasteiger partial charge in [-0.15, -0.1) is 11.8 Å². The van der Waals surface area contributed by atoms with Crippen LogP contribution in [0.2, 0.25) is 0 Å². The van der Waals surface area contributed by atoms with E-state index < -0.39 is 11.7 Å². The summed E-state index contributed by atoms with van der Waals surface area (Å²) in [5.74, 6) is 0. The Morgan fingerprint density at radius 1 is 0.957 bits per heavy atom. The van der Waals surface area contributed by atoms with Gasteiger partial charge in [-0.25, -0.2) is 0 Å². The van der Waals surface area contributed by atoms with Crippen molar-refractivity contribution in [2.75, 3.05) is 6.61 Å². The summed E-state index contributed by atoms with van der Waals surface area (Å²) in [6.45, 7) is 0.726. The van der Waals surface area contributed by atoms with Crippen LogP contribution in [0.4, 0.5) is 13.2 Å². The quantitative estimate of drug-likeness (QED) is 0.708. The molecular weight excluding hydrogens is 321 g/mol. The average molecular weight is 338 g/mol. The molecule has 1 aliphatic heterocycles. The summed E-state index contributed by atoms with van der Waals surface area (Å²) in [4.78, 5) is 0.842. The van der Waals surface area contributed by atoms with Crippen molar-refractivity contribution in [3.05, 3.63) is 65.7 Å². The fourth-order valence-corrected chi connectivity index (χ4v) is 4.01.